The number of amides is 1. The first-order chi connectivity index (χ1) is 8.79. The van der Waals surface area contributed by atoms with Crippen LogP contribution in [0.25, 0.3) is 0 Å². The SMILES string of the molecule is COC1[C@@H]2CC[C@H]1CN(C(=O)[C@@H]1CCCNC1)C2. The fourth-order valence-corrected chi connectivity index (χ4v) is 4.06. The number of carbonyl (C=O) groups excluding carboxylic acids is 1. The summed E-state index contributed by atoms with van der Waals surface area (Å²) in [7, 11) is 1.82. The van der Waals surface area contributed by atoms with Crippen molar-refractivity contribution in [3.8, 4) is 0 Å². The molecule has 4 nitrogen and oxygen atoms in total. The molecule has 3 fully saturated rings. The summed E-state index contributed by atoms with van der Waals surface area (Å²) >= 11 is 0. The molecule has 102 valence electrons. The standard InChI is InChI=1S/C14H24N2O2/c1-18-13-11-4-5-12(13)9-16(8-11)14(17)10-3-2-6-15-7-10/h10-13,15H,2-9H2,1H3/t10-,11-,12+,13?/m1/s1. The Hall–Kier alpha value is -0.610. The third kappa shape index (κ3) is 2.16. The molecule has 4 heteroatoms. The Morgan fingerprint density at radius 1 is 1.22 bits per heavy atom. The third-order valence-electron chi connectivity index (χ3n) is 4.98. The van der Waals surface area contributed by atoms with Crippen LogP contribution >= 0.6 is 0 Å². The molecular formula is C14H24N2O2. The molecule has 0 radical (unpaired) electrons. The van der Waals surface area contributed by atoms with E-state index in [1.165, 1.54) is 12.8 Å². The minimum absolute atomic E-state index is 0.220. The molecule has 1 aliphatic carbocycles. The number of rotatable bonds is 2. The largest absolute Gasteiger partial charge is 0.381 e. The second-order valence-corrected chi connectivity index (χ2v) is 6.08. The van der Waals surface area contributed by atoms with Crippen molar-refractivity contribution in [2.24, 2.45) is 17.8 Å². The Kier molecular flexibility index (Phi) is 3.57. The van der Waals surface area contributed by atoms with E-state index in [2.05, 4.69) is 10.2 Å². The van der Waals surface area contributed by atoms with Gasteiger partial charge in [-0.15, -0.1) is 0 Å². The van der Waals surface area contributed by atoms with E-state index >= 15 is 0 Å². The lowest BCUT2D eigenvalue weighted by atomic mass is 9.92. The van der Waals surface area contributed by atoms with Crippen molar-refractivity contribution in [1.82, 2.24) is 10.2 Å². The normalized spacial score (nSPS) is 39.9. The quantitative estimate of drug-likeness (QED) is 0.793. The predicted octanol–water partition coefficient (Wildman–Crippen LogP) is 0.869. The summed E-state index contributed by atoms with van der Waals surface area (Å²) in [5, 5.41) is 3.34. The highest BCUT2D eigenvalue weighted by Gasteiger charge is 2.44. The topological polar surface area (TPSA) is 41.6 Å². The summed E-state index contributed by atoms with van der Waals surface area (Å²) in [5.74, 6) is 1.76. The number of nitrogens with zero attached hydrogens (tertiary/aromatic N) is 1. The van der Waals surface area contributed by atoms with Gasteiger partial charge in [0.2, 0.25) is 5.91 Å². The second-order valence-electron chi connectivity index (χ2n) is 6.08. The predicted molar refractivity (Wildman–Crippen MR) is 69.2 cm³/mol. The number of hydrogen-bond donors (Lipinski definition) is 1. The first kappa shape index (κ1) is 12.4. The average Bonchev–Trinajstić information content (AvgIpc) is 2.67. The zero-order chi connectivity index (χ0) is 12.5. The molecule has 1 saturated carbocycles. The molecule has 0 aromatic heterocycles. The molecule has 0 aromatic carbocycles. The van der Waals surface area contributed by atoms with E-state index in [0.717, 1.165) is 39.0 Å². The number of methoxy groups -OCH3 is 1. The van der Waals surface area contributed by atoms with Crippen LogP contribution in [0.5, 0.6) is 0 Å². The number of fused-ring (bicyclic) bond motifs is 2. The Morgan fingerprint density at radius 2 is 1.94 bits per heavy atom. The van der Waals surface area contributed by atoms with E-state index in [1.54, 1.807) is 0 Å². The summed E-state index contributed by atoms with van der Waals surface area (Å²) in [6.45, 7) is 3.79. The highest BCUT2D eigenvalue weighted by molar-refractivity contribution is 5.79. The lowest BCUT2D eigenvalue weighted by molar-refractivity contribution is -0.141. The molecule has 2 heterocycles. The van der Waals surface area contributed by atoms with Crippen LogP contribution in [0.15, 0.2) is 0 Å². The van der Waals surface area contributed by atoms with E-state index in [4.69, 9.17) is 4.74 Å². The van der Waals surface area contributed by atoms with Gasteiger partial charge in [-0.05, 0) is 32.2 Å². The molecular weight excluding hydrogens is 228 g/mol. The van der Waals surface area contributed by atoms with Gasteiger partial charge in [0.1, 0.15) is 0 Å². The van der Waals surface area contributed by atoms with Gasteiger partial charge in [-0.3, -0.25) is 4.79 Å². The fraction of sp³-hybridized carbons (Fsp3) is 0.929. The monoisotopic (exact) mass is 252 g/mol. The van der Waals surface area contributed by atoms with Crippen LogP contribution in [0, 0.1) is 17.8 Å². The van der Waals surface area contributed by atoms with Crippen LogP contribution in [0.2, 0.25) is 0 Å². The third-order valence-corrected chi connectivity index (χ3v) is 4.98. The van der Waals surface area contributed by atoms with E-state index in [9.17, 15) is 4.79 Å². The Morgan fingerprint density at radius 3 is 2.50 bits per heavy atom. The zero-order valence-corrected chi connectivity index (χ0v) is 11.2. The fourth-order valence-electron chi connectivity index (χ4n) is 4.06. The first-order valence-electron chi connectivity index (χ1n) is 7.32. The Bertz CT molecular complexity index is 301. The van der Waals surface area contributed by atoms with Gasteiger partial charge in [0.25, 0.3) is 0 Å². The van der Waals surface area contributed by atoms with E-state index in [1.807, 2.05) is 7.11 Å². The number of nitrogens with one attached hydrogen (secondary N) is 1. The molecule has 2 bridgehead atoms. The van der Waals surface area contributed by atoms with Gasteiger partial charge in [-0.25, -0.2) is 0 Å². The number of ether oxygens (including phenoxy) is 1. The molecule has 3 rings (SSSR count). The van der Waals surface area contributed by atoms with Crippen molar-refractivity contribution in [3.05, 3.63) is 0 Å². The van der Waals surface area contributed by atoms with Crippen molar-refractivity contribution >= 4 is 5.91 Å². The van der Waals surface area contributed by atoms with Crippen molar-refractivity contribution in [3.63, 3.8) is 0 Å². The maximum atomic E-state index is 12.5. The minimum atomic E-state index is 0.220. The maximum Gasteiger partial charge on any atom is 0.226 e. The van der Waals surface area contributed by atoms with Crippen LogP contribution < -0.4 is 5.32 Å². The molecule has 3 aliphatic rings. The Balaban J connectivity index is 1.62. The van der Waals surface area contributed by atoms with Crippen LogP contribution in [-0.2, 0) is 9.53 Å². The van der Waals surface area contributed by atoms with Gasteiger partial charge < -0.3 is 15.0 Å². The number of piperidine rings is 2. The molecule has 1 amide bonds. The van der Waals surface area contributed by atoms with Crippen molar-refractivity contribution in [1.29, 1.82) is 0 Å². The summed E-state index contributed by atoms with van der Waals surface area (Å²) in [6, 6.07) is 0. The zero-order valence-electron chi connectivity index (χ0n) is 11.2. The molecule has 4 atom stereocenters. The highest BCUT2D eigenvalue weighted by atomic mass is 16.5. The summed E-state index contributed by atoms with van der Waals surface area (Å²) in [5.41, 5.74) is 0. The average molecular weight is 252 g/mol. The van der Waals surface area contributed by atoms with Gasteiger partial charge in [0.15, 0.2) is 0 Å². The minimum Gasteiger partial charge on any atom is -0.381 e. The van der Waals surface area contributed by atoms with Gasteiger partial charge in [0.05, 0.1) is 12.0 Å². The van der Waals surface area contributed by atoms with Gasteiger partial charge in [0, 0.05) is 38.6 Å². The molecule has 1 N–H and O–H groups in total. The summed E-state index contributed by atoms with van der Waals surface area (Å²) in [6.07, 6.45) is 5.06. The summed E-state index contributed by atoms with van der Waals surface area (Å²) in [4.78, 5) is 14.6. The lowest BCUT2D eigenvalue weighted by Crippen LogP contribution is -2.51. The van der Waals surface area contributed by atoms with Crippen LogP contribution in [0.1, 0.15) is 25.7 Å². The number of carbonyl (C=O) groups is 1. The number of hydrogen-bond acceptors (Lipinski definition) is 3. The van der Waals surface area contributed by atoms with Crippen molar-refractivity contribution in [2.45, 2.75) is 31.8 Å². The lowest BCUT2D eigenvalue weighted by Gasteiger charge is -2.39. The Labute approximate surface area is 109 Å². The molecule has 2 saturated heterocycles. The molecule has 18 heavy (non-hydrogen) atoms. The van der Waals surface area contributed by atoms with Crippen molar-refractivity contribution < 1.29 is 9.53 Å². The van der Waals surface area contributed by atoms with Gasteiger partial charge >= 0.3 is 0 Å². The van der Waals surface area contributed by atoms with Crippen LogP contribution in [0.3, 0.4) is 0 Å². The molecule has 0 aromatic rings. The van der Waals surface area contributed by atoms with Gasteiger partial charge in [-0.2, -0.15) is 0 Å². The smallest absolute Gasteiger partial charge is 0.226 e. The van der Waals surface area contributed by atoms with Crippen LogP contribution in [-0.4, -0.2) is 50.2 Å². The van der Waals surface area contributed by atoms with E-state index in [-0.39, 0.29) is 5.92 Å². The second kappa shape index (κ2) is 5.17. The first-order valence-corrected chi connectivity index (χ1v) is 7.32. The van der Waals surface area contributed by atoms with Crippen molar-refractivity contribution in [2.75, 3.05) is 33.3 Å². The highest BCUT2D eigenvalue weighted by Crippen LogP contribution is 2.39. The van der Waals surface area contributed by atoms with Crippen LogP contribution in [0.4, 0.5) is 0 Å². The summed E-state index contributed by atoms with van der Waals surface area (Å²) < 4.78 is 5.60. The number of likely N-dealkylation sites (tertiary alicyclic amines) is 1. The molecule has 2 aliphatic heterocycles. The van der Waals surface area contributed by atoms with E-state index < -0.39 is 0 Å². The maximum absolute atomic E-state index is 12.5. The molecule has 0 spiro atoms. The molecule has 1 unspecified atom stereocenters. The van der Waals surface area contributed by atoms with Gasteiger partial charge in [-0.1, -0.05) is 0 Å². The van der Waals surface area contributed by atoms with E-state index in [0.29, 0.717) is 23.8 Å².